The molecular formula is C16H19N3O. The maximum atomic E-state index is 12.7. The molecule has 1 amide bonds. The summed E-state index contributed by atoms with van der Waals surface area (Å²) in [4.78, 5) is 18.5. The summed E-state index contributed by atoms with van der Waals surface area (Å²) in [5.41, 5.74) is 2.31. The van der Waals surface area contributed by atoms with Gasteiger partial charge < -0.3 is 10.2 Å². The molecule has 20 heavy (non-hydrogen) atoms. The lowest BCUT2D eigenvalue weighted by atomic mass is 10.2. The van der Waals surface area contributed by atoms with Crippen molar-refractivity contribution in [2.45, 2.75) is 13.8 Å². The van der Waals surface area contributed by atoms with Gasteiger partial charge in [0.05, 0.1) is 11.3 Å². The predicted molar refractivity (Wildman–Crippen MR) is 82.2 cm³/mol. The summed E-state index contributed by atoms with van der Waals surface area (Å²) in [6, 6.07) is 11.5. The largest absolute Gasteiger partial charge is 0.385 e. The number of amides is 1. The van der Waals surface area contributed by atoms with Crippen molar-refractivity contribution in [3.8, 4) is 0 Å². The molecule has 1 aromatic heterocycles. The van der Waals surface area contributed by atoms with Gasteiger partial charge in [0.15, 0.2) is 0 Å². The van der Waals surface area contributed by atoms with Crippen LogP contribution < -0.4 is 10.2 Å². The lowest BCUT2D eigenvalue weighted by molar-refractivity contribution is 0.0988. The van der Waals surface area contributed by atoms with Gasteiger partial charge in [-0.05, 0) is 32.0 Å². The zero-order valence-electron chi connectivity index (χ0n) is 11.8. The number of hydrogen-bond donors (Lipinski definition) is 1. The first kappa shape index (κ1) is 14.1. The highest BCUT2D eigenvalue weighted by Crippen LogP contribution is 2.20. The van der Waals surface area contributed by atoms with Gasteiger partial charge in [-0.25, -0.2) is 0 Å². The van der Waals surface area contributed by atoms with Crippen LogP contribution in [-0.4, -0.2) is 24.0 Å². The molecule has 2 rings (SSSR count). The fourth-order valence-corrected chi connectivity index (χ4v) is 2.11. The van der Waals surface area contributed by atoms with Crippen LogP contribution in [0.5, 0.6) is 0 Å². The third kappa shape index (κ3) is 2.96. The molecule has 2 aromatic rings. The SMILES string of the molecule is CCNc1ccncc1C(=O)N(CC)c1ccccc1. The summed E-state index contributed by atoms with van der Waals surface area (Å²) in [7, 11) is 0. The molecule has 0 saturated heterocycles. The van der Waals surface area contributed by atoms with Crippen molar-refractivity contribution in [3.05, 3.63) is 54.4 Å². The maximum absolute atomic E-state index is 12.7. The zero-order valence-corrected chi connectivity index (χ0v) is 11.8. The van der Waals surface area contributed by atoms with Crippen LogP contribution in [0.2, 0.25) is 0 Å². The summed E-state index contributed by atoms with van der Waals surface area (Å²) < 4.78 is 0. The van der Waals surface area contributed by atoms with Crippen molar-refractivity contribution in [1.82, 2.24) is 4.98 Å². The minimum Gasteiger partial charge on any atom is -0.385 e. The Morgan fingerprint density at radius 3 is 2.60 bits per heavy atom. The zero-order chi connectivity index (χ0) is 14.4. The number of benzene rings is 1. The van der Waals surface area contributed by atoms with Crippen molar-refractivity contribution in [3.63, 3.8) is 0 Å². The first-order valence-electron chi connectivity index (χ1n) is 6.82. The highest BCUT2D eigenvalue weighted by atomic mass is 16.2. The Kier molecular flexibility index (Phi) is 4.71. The molecule has 4 heteroatoms. The quantitative estimate of drug-likeness (QED) is 0.906. The predicted octanol–water partition coefficient (Wildman–Crippen LogP) is 3.18. The lowest BCUT2D eigenvalue weighted by Gasteiger charge is -2.22. The van der Waals surface area contributed by atoms with Crippen molar-refractivity contribution in [1.29, 1.82) is 0 Å². The number of aromatic nitrogens is 1. The third-order valence-corrected chi connectivity index (χ3v) is 3.05. The van der Waals surface area contributed by atoms with Crippen molar-refractivity contribution < 1.29 is 4.79 Å². The topological polar surface area (TPSA) is 45.2 Å². The summed E-state index contributed by atoms with van der Waals surface area (Å²) in [6.07, 6.45) is 3.31. The molecule has 0 atom stereocenters. The number of hydrogen-bond acceptors (Lipinski definition) is 3. The van der Waals surface area contributed by atoms with E-state index in [0.717, 1.165) is 17.9 Å². The summed E-state index contributed by atoms with van der Waals surface area (Å²) in [5.74, 6) is -0.0391. The Labute approximate surface area is 119 Å². The molecule has 1 aromatic carbocycles. The number of anilines is 2. The van der Waals surface area contributed by atoms with E-state index in [9.17, 15) is 4.79 Å². The van der Waals surface area contributed by atoms with Crippen molar-refractivity contribution >= 4 is 17.3 Å². The summed E-state index contributed by atoms with van der Waals surface area (Å²) in [5, 5.41) is 3.20. The average Bonchev–Trinajstić information content (AvgIpc) is 2.50. The smallest absolute Gasteiger partial charge is 0.261 e. The van der Waals surface area contributed by atoms with Gasteiger partial charge in [0.2, 0.25) is 0 Å². The number of nitrogens with zero attached hydrogens (tertiary/aromatic N) is 2. The van der Waals surface area contributed by atoms with Crippen LogP contribution in [0, 0.1) is 0 Å². The highest BCUT2D eigenvalue weighted by molar-refractivity contribution is 6.09. The first-order chi connectivity index (χ1) is 9.77. The van der Waals surface area contributed by atoms with E-state index < -0.39 is 0 Å². The van der Waals surface area contributed by atoms with E-state index in [1.165, 1.54) is 0 Å². The number of rotatable bonds is 5. The molecule has 0 radical (unpaired) electrons. The van der Waals surface area contributed by atoms with E-state index in [2.05, 4.69) is 10.3 Å². The van der Waals surface area contributed by atoms with Gasteiger partial charge >= 0.3 is 0 Å². The van der Waals surface area contributed by atoms with Crippen molar-refractivity contribution in [2.24, 2.45) is 0 Å². The molecule has 104 valence electrons. The highest BCUT2D eigenvalue weighted by Gasteiger charge is 2.18. The fraction of sp³-hybridized carbons (Fsp3) is 0.250. The van der Waals surface area contributed by atoms with Gasteiger partial charge in [0.1, 0.15) is 0 Å². The minimum atomic E-state index is -0.0391. The summed E-state index contributed by atoms with van der Waals surface area (Å²) in [6.45, 7) is 5.35. The van der Waals surface area contributed by atoms with E-state index >= 15 is 0 Å². The first-order valence-corrected chi connectivity index (χ1v) is 6.82. The van der Waals surface area contributed by atoms with E-state index in [-0.39, 0.29) is 5.91 Å². The second kappa shape index (κ2) is 6.70. The van der Waals surface area contributed by atoms with Crippen LogP contribution >= 0.6 is 0 Å². The molecule has 0 aliphatic rings. The average molecular weight is 269 g/mol. The molecule has 0 aliphatic heterocycles. The molecule has 0 bridgehead atoms. The van der Waals surface area contributed by atoms with Gasteiger partial charge in [-0.3, -0.25) is 9.78 Å². The van der Waals surface area contributed by atoms with E-state index in [1.807, 2.05) is 50.2 Å². The Balaban J connectivity index is 2.34. The maximum Gasteiger partial charge on any atom is 0.261 e. The van der Waals surface area contributed by atoms with Gasteiger partial charge in [0.25, 0.3) is 5.91 Å². The van der Waals surface area contributed by atoms with Crippen molar-refractivity contribution in [2.75, 3.05) is 23.3 Å². The number of nitrogens with one attached hydrogen (secondary N) is 1. The number of carbonyl (C=O) groups excluding carboxylic acids is 1. The van der Waals surface area contributed by atoms with Crippen LogP contribution in [0.3, 0.4) is 0 Å². The Hall–Kier alpha value is -2.36. The Bertz CT molecular complexity index is 569. The number of para-hydroxylation sites is 1. The fourth-order valence-electron chi connectivity index (χ4n) is 2.11. The number of carbonyl (C=O) groups is 1. The van der Waals surface area contributed by atoms with Gasteiger partial charge in [-0.1, -0.05) is 18.2 Å². The molecule has 0 unspecified atom stereocenters. The number of pyridine rings is 1. The molecule has 0 saturated carbocycles. The monoisotopic (exact) mass is 269 g/mol. The Morgan fingerprint density at radius 1 is 1.20 bits per heavy atom. The van der Waals surface area contributed by atoms with Crippen LogP contribution in [0.1, 0.15) is 24.2 Å². The van der Waals surface area contributed by atoms with Crippen LogP contribution in [0.25, 0.3) is 0 Å². The lowest BCUT2D eigenvalue weighted by Crippen LogP contribution is -2.31. The normalized spacial score (nSPS) is 10.1. The van der Waals surface area contributed by atoms with Crippen LogP contribution in [-0.2, 0) is 0 Å². The molecule has 0 spiro atoms. The molecule has 0 aliphatic carbocycles. The van der Waals surface area contributed by atoms with Gasteiger partial charge in [0, 0.05) is 31.2 Å². The van der Waals surface area contributed by atoms with Gasteiger partial charge in [-0.15, -0.1) is 0 Å². The third-order valence-electron chi connectivity index (χ3n) is 3.05. The Morgan fingerprint density at radius 2 is 1.95 bits per heavy atom. The second-order valence-electron chi connectivity index (χ2n) is 4.34. The molecule has 1 N–H and O–H groups in total. The van der Waals surface area contributed by atoms with E-state index in [1.54, 1.807) is 17.3 Å². The molecule has 1 heterocycles. The molecule has 0 fully saturated rings. The molecular weight excluding hydrogens is 250 g/mol. The van der Waals surface area contributed by atoms with E-state index in [4.69, 9.17) is 0 Å². The van der Waals surface area contributed by atoms with Crippen LogP contribution in [0.15, 0.2) is 48.8 Å². The standard InChI is InChI=1S/C16H19N3O/c1-3-18-15-10-11-17-12-14(15)16(20)19(4-2)13-8-6-5-7-9-13/h5-12H,3-4H2,1-2H3,(H,17,18). The second-order valence-corrected chi connectivity index (χ2v) is 4.34. The summed E-state index contributed by atoms with van der Waals surface area (Å²) >= 11 is 0. The molecule has 4 nitrogen and oxygen atoms in total. The van der Waals surface area contributed by atoms with Gasteiger partial charge in [-0.2, -0.15) is 0 Å². The van der Waals surface area contributed by atoms with Crippen LogP contribution in [0.4, 0.5) is 11.4 Å². The van der Waals surface area contributed by atoms with E-state index in [0.29, 0.717) is 12.1 Å². The minimum absolute atomic E-state index is 0.0391.